The van der Waals surface area contributed by atoms with Gasteiger partial charge in [-0.15, -0.1) is 0 Å². The van der Waals surface area contributed by atoms with E-state index in [1.165, 1.54) is 31.7 Å². The van der Waals surface area contributed by atoms with Crippen molar-refractivity contribution in [2.24, 2.45) is 17.6 Å². The molecule has 2 N–H and O–H groups in total. The molecule has 3 atom stereocenters. The maximum atomic E-state index is 13.3. The Bertz CT molecular complexity index is 421. The molecule has 3 unspecified atom stereocenters. The summed E-state index contributed by atoms with van der Waals surface area (Å²) in [6.45, 7) is 3.17. The van der Waals surface area contributed by atoms with Crippen molar-refractivity contribution in [2.45, 2.75) is 45.1 Å². The molecule has 1 saturated carbocycles. The Morgan fingerprint density at radius 2 is 2.15 bits per heavy atom. The molecule has 0 spiro atoms. The maximum absolute atomic E-state index is 13.3. The zero-order valence-corrected chi connectivity index (χ0v) is 12.7. The van der Waals surface area contributed by atoms with Crippen molar-refractivity contribution in [1.29, 1.82) is 0 Å². The van der Waals surface area contributed by atoms with E-state index in [1.54, 1.807) is 12.1 Å². The molecule has 1 aliphatic rings. The second-order valence-electron chi connectivity index (χ2n) is 6.25. The molecule has 1 aromatic rings. The van der Waals surface area contributed by atoms with E-state index < -0.39 is 0 Å². The van der Waals surface area contributed by atoms with Crippen LogP contribution in [0.3, 0.4) is 0 Å². The highest BCUT2D eigenvalue weighted by Gasteiger charge is 2.28. The lowest BCUT2D eigenvalue weighted by atomic mass is 9.76. The molecule has 20 heavy (non-hydrogen) atoms. The summed E-state index contributed by atoms with van der Waals surface area (Å²) in [6.07, 6.45) is 6.19. The van der Waals surface area contributed by atoms with Gasteiger partial charge in [0, 0.05) is 25.3 Å². The zero-order chi connectivity index (χ0) is 14.5. The molecule has 112 valence electrons. The van der Waals surface area contributed by atoms with Crippen LogP contribution in [0.1, 0.15) is 39.0 Å². The zero-order valence-electron chi connectivity index (χ0n) is 12.7. The molecule has 2 rings (SSSR count). The van der Waals surface area contributed by atoms with Crippen LogP contribution in [0.4, 0.5) is 10.1 Å². The average molecular weight is 278 g/mol. The van der Waals surface area contributed by atoms with Gasteiger partial charge in [0.25, 0.3) is 0 Å². The fourth-order valence-corrected chi connectivity index (χ4v) is 3.44. The van der Waals surface area contributed by atoms with E-state index in [-0.39, 0.29) is 5.82 Å². The second-order valence-corrected chi connectivity index (χ2v) is 6.25. The van der Waals surface area contributed by atoms with E-state index in [0.29, 0.717) is 12.0 Å². The number of benzene rings is 1. The third-order valence-corrected chi connectivity index (χ3v) is 4.60. The number of nitrogens with zero attached hydrogens (tertiary/aromatic N) is 1. The van der Waals surface area contributed by atoms with Crippen LogP contribution in [0.25, 0.3) is 0 Å². The maximum Gasteiger partial charge on any atom is 0.125 e. The predicted molar refractivity (Wildman–Crippen MR) is 83.4 cm³/mol. The summed E-state index contributed by atoms with van der Waals surface area (Å²) in [6, 6.07) is 7.10. The van der Waals surface area contributed by atoms with Crippen LogP contribution >= 0.6 is 0 Å². The van der Waals surface area contributed by atoms with E-state index in [2.05, 4.69) is 11.8 Å². The lowest BCUT2D eigenvalue weighted by Crippen LogP contribution is -2.42. The molecule has 0 aliphatic heterocycles. The van der Waals surface area contributed by atoms with Gasteiger partial charge in [0.15, 0.2) is 0 Å². The highest BCUT2D eigenvalue weighted by Crippen LogP contribution is 2.32. The van der Waals surface area contributed by atoms with Crippen molar-refractivity contribution < 1.29 is 4.39 Å². The minimum atomic E-state index is -0.175. The van der Waals surface area contributed by atoms with E-state index in [1.807, 2.05) is 13.1 Å². The number of rotatable bonds is 5. The van der Waals surface area contributed by atoms with Gasteiger partial charge in [-0.05, 0) is 49.3 Å². The summed E-state index contributed by atoms with van der Waals surface area (Å²) in [5.74, 6) is 1.17. The molecule has 3 heteroatoms. The van der Waals surface area contributed by atoms with Crippen molar-refractivity contribution in [2.75, 3.05) is 18.5 Å². The fraction of sp³-hybridized carbons (Fsp3) is 0.647. The van der Waals surface area contributed by atoms with Gasteiger partial charge in [-0.3, -0.25) is 0 Å². The quantitative estimate of drug-likeness (QED) is 0.887. The number of hydrogen-bond donors (Lipinski definition) is 1. The summed E-state index contributed by atoms with van der Waals surface area (Å²) in [5.41, 5.74) is 7.23. The highest BCUT2D eigenvalue weighted by atomic mass is 19.1. The molecule has 0 heterocycles. The average Bonchev–Trinajstić information content (AvgIpc) is 2.43. The normalized spacial score (nSPS) is 26.5. The Morgan fingerprint density at radius 1 is 1.35 bits per heavy atom. The van der Waals surface area contributed by atoms with Crippen molar-refractivity contribution in [3.8, 4) is 0 Å². The number of nitrogens with two attached hydrogens (primary N) is 1. The van der Waals surface area contributed by atoms with Crippen LogP contribution in [-0.4, -0.2) is 19.6 Å². The smallest absolute Gasteiger partial charge is 0.125 e. The van der Waals surface area contributed by atoms with Crippen LogP contribution < -0.4 is 10.6 Å². The first-order valence-electron chi connectivity index (χ1n) is 7.82. The summed E-state index contributed by atoms with van der Waals surface area (Å²) in [4.78, 5) is 2.14. The molecule has 0 bridgehead atoms. The molecule has 1 aliphatic carbocycles. The van der Waals surface area contributed by atoms with Crippen LogP contribution in [-0.2, 0) is 0 Å². The van der Waals surface area contributed by atoms with E-state index >= 15 is 0 Å². The van der Waals surface area contributed by atoms with Crippen molar-refractivity contribution >= 4 is 5.69 Å². The third-order valence-electron chi connectivity index (χ3n) is 4.60. The van der Waals surface area contributed by atoms with Crippen molar-refractivity contribution in [3.05, 3.63) is 30.1 Å². The molecule has 0 radical (unpaired) electrons. The van der Waals surface area contributed by atoms with Gasteiger partial charge in [-0.2, -0.15) is 0 Å². The van der Waals surface area contributed by atoms with E-state index in [9.17, 15) is 4.39 Å². The van der Waals surface area contributed by atoms with Gasteiger partial charge in [-0.25, -0.2) is 4.39 Å². The molecule has 0 amide bonds. The van der Waals surface area contributed by atoms with Gasteiger partial charge < -0.3 is 10.6 Å². The van der Waals surface area contributed by atoms with Crippen molar-refractivity contribution in [1.82, 2.24) is 0 Å². The van der Waals surface area contributed by atoms with Crippen molar-refractivity contribution in [3.63, 3.8) is 0 Å². The summed E-state index contributed by atoms with van der Waals surface area (Å²) >= 11 is 0. The van der Waals surface area contributed by atoms with Gasteiger partial charge >= 0.3 is 0 Å². The SMILES string of the molecule is CCCC1CCC(N)C(CN(C)c2cccc(F)c2)C1. The second kappa shape index (κ2) is 7.07. The Hall–Kier alpha value is -1.09. The summed E-state index contributed by atoms with van der Waals surface area (Å²) in [7, 11) is 2.03. The first-order chi connectivity index (χ1) is 9.60. The molecule has 2 nitrogen and oxygen atoms in total. The largest absolute Gasteiger partial charge is 0.374 e. The third kappa shape index (κ3) is 3.95. The van der Waals surface area contributed by atoms with Gasteiger partial charge in [0.1, 0.15) is 5.82 Å². The summed E-state index contributed by atoms with van der Waals surface area (Å²) in [5, 5.41) is 0. The van der Waals surface area contributed by atoms with Crippen LogP contribution in [0, 0.1) is 17.7 Å². The first-order valence-corrected chi connectivity index (χ1v) is 7.82. The molecule has 1 fully saturated rings. The standard InChI is InChI=1S/C17H27FN2/c1-3-5-13-8-9-17(19)14(10-13)12-20(2)16-7-4-6-15(18)11-16/h4,6-7,11,13-14,17H,3,5,8-10,12,19H2,1-2H3. The number of hydrogen-bond acceptors (Lipinski definition) is 2. The lowest BCUT2D eigenvalue weighted by molar-refractivity contribution is 0.226. The van der Waals surface area contributed by atoms with Gasteiger partial charge in [0.2, 0.25) is 0 Å². The van der Waals surface area contributed by atoms with Gasteiger partial charge in [0.05, 0.1) is 0 Å². The fourth-order valence-electron chi connectivity index (χ4n) is 3.44. The monoisotopic (exact) mass is 278 g/mol. The minimum Gasteiger partial charge on any atom is -0.374 e. The minimum absolute atomic E-state index is 0.175. The van der Waals surface area contributed by atoms with Crippen LogP contribution in [0.2, 0.25) is 0 Å². The predicted octanol–water partition coefficient (Wildman–Crippen LogP) is 3.81. The Morgan fingerprint density at radius 3 is 2.85 bits per heavy atom. The Balaban J connectivity index is 1.96. The Kier molecular flexibility index (Phi) is 5.41. The van der Waals surface area contributed by atoms with Gasteiger partial charge in [-0.1, -0.05) is 25.8 Å². The first kappa shape index (κ1) is 15.3. The topological polar surface area (TPSA) is 29.3 Å². The number of anilines is 1. The van der Waals surface area contributed by atoms with E-state index in [4.69, 9.17) is 5.73 Å². The molecule has 1 aromatic carbocycles. The number of halogens is 1. The highest BCUT2D eigenvalue weighted by molar-refractivity contribution is 5.45. The van der Waals surface area contributed by atoms with Crippen LogP contribution in [0.15, 0.2) is 24.3 Å². The van der Waals surface area contributed by atoms with E-state index in [0.717, 1.165) is 24.6 Å². The Labute approximate surface area is 122 Å². The molecule has 0 saturated heterocycles. The lowest BCUT2D eigenvalue weighted by Gasteiger charge is -2.37. The summed E-state index contributed by atoms with van der Waals surface area (Å²) < 4.78 is 13.3. The molecule has 0 aromatic heterocycles. The molecular formula is C17H27FN2. The molecular weight excluding hydrogens is 251 g/mol. The van der Waals surface area contributed by atoms with Crippen LogP contribution in [0.5, 0.6) is 0 Å².